The molecule has 2 heterocycles. The summed E-state index contributed by atoms with van der Waals surface area (Å²) in [7, 11) is 0. The minimum absolute atomic E-state index is 0.0817. The van der Waals surface area contributed by atoms with E-state index in [2.05, 4.69) is 15.0 Å². The predicted octanol–water partition coefficient (Wildman–Crippen LogP) is -0.916. The van der Waals surface area contributed by atoms with Gasteiger partial charge in [-0.1, -0.05) is 6.92 Å². The maximum atomic E-state index is 10.1. The van der Waals surface area contributed by atoms with Crippen LogP contribution in [0.15, 0.2) is 12.7 Å². The number of hydrogen-bond donors (Lipinski definition) is 3. The van der Waals surface area contributed by atoms with Gasteiger partial charge in [0.25, 0.3) is 0 Å². The summed E-state index contributed by atoms with van der Waals surface area (Å²) in [5, 5.41) is 19.1. The molecule has 2 rings (SSSR count). The topological polar surface area (TPSA) is 113 Å². The van der Waals surface area contributed by atoms with Gasteiger partial charge in [0, 0.05) is 13.1 Å². The average Bonchev–Trinajstić information content (AvgIpc) is 2.83. The first kappa shape index (κ1) is 14.6. The van der Waals surface area contributed by atoms with Crippen LogP contribution in [0.2, 0.25) is 0 Å². The molecule has 1 atom stereocenters. The summed E-state index contributed by atoms with van der Waals surface area (Å²) in [5.74, 6) is 0.332. The molecule has 0 amide bonds. The van der Waals surface area contributed by atoms with Crippen molar-refractivity contribution in [3.8, 4) is 0 Å². The summed E-state index contributed by atoms with van der Waals surface area (Å²) in [6, 6.07) is 0. The van der Waals surface area contributed by atoms with Gasteiger partial charge in [-0.3, -0.25) is 4.90 Å². The molecule has 8 nitrogen and oxygen atoms in total. The summed E-state index contributed by atoms with van der Waals surface area (Å²) in [4.78, 5) is 14.1. The van der Waals surface area contributed by atoms with Gasteiger partial charge in [-0.2, -0.15) is 0 Å². The number of rotatable bonds is 7. The van der Waals surface area contributed by atoms with E-state index in [-0.39, 0.29) is 6.61 Å². The van der Waals surface area contributed by atoms with Crippen molar-refractivity contribution in [2.75, 3.05) is 32.0 Å². The molecule has 8 heteroatoms. The number of nitrogens with two attached hydrogens (primary N) is 1. The van der Waals surface area contributed by atoms with Crippen molar-refractivity contribution >= 4 is 17.0 Å². The average molecular weight is 280 g/mol. The molecule has 0 radical (unpaired) electrons. The first-order chi connectivity index (χ1) is 9.65. The second kappa shape index (κ2) is 6.60. The molecule has 4 N–H and O–H groups in total. The monoisotopic (exact) mass is 280 g/mol. The Morgan fingerprint density at radius 1 is 1.40 bits per heavy atom. The molecule has 0 saturated heterocycles. The van der Waals surface area contributed by atoms with Crippen LogP contribution in [-0.4, -0.2) is 67.0 Å². The smallest absolute Gasteiger partial charge is 0.165 e. The minimum Gasteiger partial charge on any atom is -0.395 e. The fourth-order valence-electron chi connectivity index (χ4n) is 2.14. The van der Waals surface area contributed by atoms with Crippen LogP contribution in [0.25, 0.3) is 11.2 Å². The van der Waals surface area contributed by atoms with Gasteiger partial charge in [0.15, 0.2) is 11.5 Å². The van der Waals surface area contributed by atoms with Crippen molar-refractivity contribution in [3.63, 3.8) is 0 Å². The number of aliphatic hydroxyl groups is 2. The highest BCUT2D eigenvalue weighted by Gasteiger charge is 2.14. The van der Waals surface area contributed by atoms with Crippen molar-refractivity contribution in [3.05, 3.63) is 12.7 Å². The number of aromatic nitrogens is 4. The number of nitrogens with zero attached hydrogens (tertiary/aromatic N) is 5. The van der Waals surface area contributed by atoms with E-state index in [1.54, 1.807) is 10.9 Å². The maximum Gasteiger partial charge on any atom is 0.165 e. The number of fused-ring (bicyclic) bond motifs is 1. The number of likely N-dealkylation sites (N-methyl/N-ethyl adjacent to an activating group) is 1. The third kappa shape index (κ3) is 3.21. The first-order valence-electron chi connectivity index (χ1n) is 6.58. The van der Waals surface area contributed by atoms with E-state index in [0.29, 0.717) is 36.6 Å². The van der Waals surface area contributed by atoms with E-state index in [1.165, 1.54) is 6.33 Å². The Hall–Kier alpha value is -1.77. The van der Waals surface area contributed by atoms with Crippen LogP contribution in [0.4, 0.5) is 5.82 Å². The van der Waals surface area contributed by atoms with Crippen LogP contribution in [0.3, 0.4) is 0 Å². The molecule has 110 valence electrons. The Balaban J connectivity index is 2.06. The molecule has 0 bridgehead atoms. The lowest BCUT2D eigenvalue weighted by Gasteiger charge is -2.22. The molecule has 0 unspecified atom stereocenters. The molecule has 2 aromatic rings. The van der Waals surface area contributed by atoms with E-state index in [0.717, 1.165) is 6.54 Å². The fourth-order valence-corrected chi connectivity index (χ4v) is 2.14. The van der Waals surface area contributed by atoms with Crippen LogP contribution in [-0.2, 0) is 6.54 Å². The summed E-state index contributed by atoms with van der Waals surface area (Å²) in [6.45, 7) is 4.25. The van der Waals surface area contributed by atoms with Crippen LogP contribution < -0.4 is 5.73 Å². The van der Waals surface area contributed by atoms with Gasteiger partial charge in [-0.05, 0) is 6.54 Å². The number of anilines is 1. The minimum atomic E-state index is -0.574. The number of imidazole rings is 1. The number of nitrogen functional groups attached to an aromatic ring is 1. The van der Waals surface area contributed by atoms with E-state index in [9.17, 15) is 5.11 Å². The van der Waals surface area contributed by atoms with Gasteiger partial charge in [0.2, 0.25) is 0 Å². The lowest BCUT2D eigenvalue weighted by Crippen LogP contribution is -2.36. The zero-order valence-corrected chi connectivity index (χ0v) is 11.5. The Morgan fingerprint density at radius 2 is 2.20 bits per heavy atom. The summed E-state index contributed by atoms with van der Waals surface area (Å²) in [6.07, 6.45) is 2.41. The Morgan fingerprint density at radius 3 is 2.90 bits per heavy atom. The highest BCUT2D eigenvalue weighted by Crippen LogP contribution is 2.14. The second-order valence-corrected chi connectivity index (χ2v) is 4.60. The van der Waals surface area contributed by atoms with Crippen molar-refractivity contribution in [2.24, 2.45) is 0 Å². The van der Waals surface area contributed by atoms with E-state index < -0.39 is 6.10 Å². The molecular formula is C12H20N6O2. The molecule has 0 aromatic carbocycles. The number of hydrogen-bond acceptors (Lipinski definition) is 7. The lowest BCUT2D eigenvalue weighted by atomic mass is 10.3. The SMILES string of the molecule is CCN(CCO)C[C@H](O)Cn1cnc2c(N)ncnc21. The van der Waals surface area contributed by atoms with E-state index in [4.69, 9.17) is 10.8 Å². The molecule has 20 heavy (non-hydrogen) atoms. The maximum absolute atomic E-state index is 10.1. The van der Waals surface area contributed by atoms with Gasteiger partial charge in [0.05, 0.1) is 25.6 Å². The van der Waals surface area contributed by atoms with Gasteiger partial charge in [-0.15, -0.1) is 0 Å². The highest BCUT2D eigenvalue weighted by molar-refractivity contribution is 5.81. The molecule has 0 saturated carbocycles. The first-order valence-corrected chi connectivity index (χ1v) is 6.58. The lowest BCUT2D eigenvalue weighted by molar-refractivity contribution is 0.0910. The van der Waals surface area contributed by atoms with Crippen molar-refractivity contribution < 1.29 is 10.2 Å². The highest BCUT2D eigenvalue weighted by atomic mass is 16.3. The van der Waals surface area contributed by atoms with E-state index >= 15 is 0 Å². The molecule has 2 aromatic heterocycles. The molecule has 0 fully saturated rings. The molecule has 0 spiro atoms. The molecular weight excluding hydrogens is 260 g/mol. The predicted molar refractivity (Wildman–Crippen MR) is 74.9 cm³/mol. The summed E-state index contributed by atoms with van der Waals surface area (Å²) in [5.41, 5.74) is 6.87. The van der Waals surface area contributed by atoms with Crippen LogP contribution in [0.1, 0.15) is 6.92 Å². The van der Waals surface area contributed by atoms with Gasteiger partial charge in [0.1, 0.15) is 11.8 Å². The Kier molecular flexibility index (Phi) is 4.83. The van der Waals surface area contributed by atoms with Gasteiger partial charge >= 0.3 is 0 Å². The summed E-state index contributed by atoms with van der Waals surface area (Å²) >= 11 is 0. The Labute approximate surface area is 116 Å². The van der Waals surface area contributed by atoms with Crippen molar-refractivity contribution in [1.29, 1.82) is 0 Å². The van der Waals surface area contributed by atoms with Gasteiger partial charge < -0.3 is 20.5 Å². The normalized spacial score (nSPS) is 13.2. The standard InChI is InChI=1S/C12H20N6O2/c1-2-17(3-4-19)5-9(20)6-18-8-16-10-11(13)14-7-15-12(10)18/h7-9,19-20H,2-6H2,1H3,(H2,13,14,15)/t9-/m0/s1. The zero-order valence-electron chi connectivity index (χ0n) is 11.5. The third-order valence-corrected chi connectivity index (χ3v) is 3.17. The van der Waals surface area contributed by atoms with Crippen LogP contribution >= 0.6 is 0 Å². The largest absolute Gasteiger partial charge is 0.395 e. The fraction of sp³-hybridized carbons (Fsp3) is 0.583. The van der Waals surface area contributed by atoms with Crippen molar-refractivity contribution in [2.45, 2.75) is 19.6 Å². The molecule has 0 aliphatic rings. The quantitative estimate of drug-likeness (QED) is 0.601. The van der Waals surface area contributed by atoms with Crippen LogP contribution in [0.5, 0.6) is 0 Å². The molecule has 0 aliphatic carbocycles. The van der Waals surface area contributed by atoms with E-state index in [1.807, 2.05) is 11.8 Å². The summed E-state index contributed by atoms with van der Waals surface area (Å²) < 4.78 is 1.75. The van der Waals surface area contributed by atoms with Crippen molar-refractivity contribution in [1.82, 2.24) is 24.4 Å². The second-order valence-electron chi connectivity index (χ2n) is 4.60. The van der Waals surface area contributed by atoms with Gasteiger partial charge in [-0.25, -0.2) is 15.0 Å². The Bertz CT molecular complexity index is 558. The third-order valence-electron chi connectivity index (χ3n) is 3.17. The zero-order chi connectivity index (χ0) is 14.5. The number of aliphatic hydroxyl groups excluding tert-OH is 2. The van der Waals surface area contributed by atoms with Crippen LogP contribution in [0, 0.1) is 0 Å². The molecule has 0 aliphatic heterocycles.